The quantitative estimate of drug-likeness (QED) is 0.202. The number of fused-ring (bicyclic) bond motifs is 4. The smallest absolute Gasteiger partial charge is 0.309 e. The lowest BCUT2D eigenvalue weighted by molar-refractivity contribution is -0.139. The molecule has 0 radical (unpaired) electrons. The molecule has 3 heterocycles. The first kappa shape index (κ1) is 31.4. The summed E-state index contributed by atoms with van der Waals surface area (Å²) < 4.78 is 6.33. The zero-order chi connectivity index (χ0) is 31.9. The van der Waals surface area contributed by atoms with Gasteiger partial charge in [0, 0.05) is 48.6 Å². The molecule has 1 aliphatic rings. The van der Waals surface area contributed by atoms with E-state index in [-0.39, 0.29) is 24.2 Å². The average molecular weight is 632 g/mol. The van der Waals surface area contributed by atoms with Crippen molar-refractivity contribution in [2.24, 2.45) is 0 Å². The van der Waals surface area contributed by atoms with E-state index in [0.29, 0.717) is 52.0 Å². The number of aromatic amines is 1. The van der Waals surface area contributed by atoms with E-state index in [1.54, 1.807) is 38.4 Å². The van der Waals surface area contributed by atoms with E-state index in [1.165, 1.54) is 29.1 Å². The van der Waals surface area contributed by atoms with Crippen molar-refractivity contribution in [3.8, 4) is 16.9 Å². The second-order valence-corrected chi connectivity index (χ2v) is 11.2. The molecule has 1 aliphatic heterocycles. The number of halogens is 1. The normalized spacial score (nSPS) is 14.9. The van der Waals surface area contributed by atoms with Crippen LogP contribution in [0.4, 0.5) is 5.69 Å². The minimum absolute atomic E-state index is 0.120. The van der Waals surface area contributed by atoms with E-state index in [9.17, 15) is 14.4 Å². The van der Waals surface area contributed by atoms with E-state index >= 15 is 0 Å². The molecular weight excluding hydrogens is 598 g/mol. The first-order valence-electron chi connectivity index (χ1n) is 14.5. The Morgan fingerprint density at radius 3 is 2.76 bits per heavy atom. The fraction of sp³-hybridized carbons (Fsp3) is 0.323. The Labute approximate surface area is 265 Å². The molecule has 0 saturated heterocycles. The van der Waals surface area contributed by atoms with Crippen molar-refractivity contribution in [3.63, 3.8) is 0 Å². The lowest BCUT2D eigenvalue weighted by Crippen LogP contribution is -2.28. The Bertz CT molecular complexity index is 1720. The van der Waals surface area contributed by atoms with Crippen LogP contribution in [0.25, 0.3) is 23.0 Å². The molecule has 2 bridgehead atoms. The van der Waals surface area contributed by atoms with E-state index in [0.717, 1.165) is 30.5 Å². The molecule has 14 heteroatoms. The van der Waals surface area contributed by atoms with Gasteiger partial charge in [-0.1, -0.05) is 36.6 Å². The van der Waals surface area contributed by atoms with Crippen molar-refractivity contribution in [2.75, 3.05) is 33.1 Å². The van der Waals surface area contributed by atoms with Crippen LogP contribution in [0.15, 0.2) is 48.8 Å². The maximum atomic E-state index is 13.4. The van der Waals surface area contributed by atoms with E-state index < -0.39 is 6.04 Å². The highest BCUT2D eigenvalue weighted by molar-refractivity contribution is 6.30. The lowest BCUT2D eigenvalue weighted by Gasteiger charge is -2.17. The van der Waals surface area contributed by atoms with Gasteiger partial charge in [0.25, 0.3) is 5.91 Å². The largest absolute Gasteiger partial charge is 0.469 e. The van der Waals surface area contributed by atoms with E-state index in [4.69, 9.17) is 21.3 Å². The Morgan fingerprint density at radius 1 is 1.16 bits per heavy atom. The fourth-order valence-corrected chi connectivity index (χ4v) is 5.28. The van der Waals surface area contributed by atoms with Crippen LogP contribution in [-0.2, 0) is 20.7 Å². The third-order valence-electron chi connectivity index (χ3n) is 7.39. The van der Waals surface area contributed by atoms with Gasteiger partial charge >= 0.3 is 5.97 Å². The molecular formula is C31H34ClN9O4. The van der Waals surface area contributed by atoms with Crippen LogP contribution in [0.2, 0.25) is 5.02 Å². The van der Waals surface area contributed by atoms with Crippen molar-refractivity contribution in [1.29, 1.82) is 0 Å². The van der Waals surface area contributed by atoms with E-state index in [1.807, 2.05) is 18.2 Å². The third-order valence-corrected chi connectivity index (χ3v) is 7.62. The molecule has 0 fully saturated rings. The molecule has 0 saturated carbocycles. The van der Waals surface area contributed by atoms with Crippen LogP contribution in [0.5, 0.6) is 0 Å². The first-order chi connectivity index (χ1) is 21.7. The Morgan fingerprint density at radius 2 is 2.00 bits per heavy atom. The Kier molecular flexibility index (Phi) is 9.88. The van der Waals surface area contributed by atoms with Gasteiger partial charge in [0.15, 0.2) is 0 Å². The molecule has 2 aromatic carbocycles. The van der Waals surface area contributed by atoms with Gasteiger partial charge in [-0.05, 0) is 59.2 Å². The number of nitrogens with zero attached hydrogens (tertiary/aromatic N) is 6. The van der Waals surface area contributed by atoms with Gasteiger partial charge in [-0.15, -0.1) is 5.10 Å². The predicted molar refractivity (Wildman–Crippen MR) is 169 cm³/mol. The number of anilines is 1. The zero-order valence-corrected chi connectivity index (χ0v) is 26.0. The number of imidazole rings is 1. The molecule has 13 nitrogen and oxygen atoms in total. The van der Waals surface area contributed by atoms with Gasteiger partial charge in [0.1, 0.15) is 23.5 Å². The van der Waals surface area contributed by atoms with Crippen molar-refractivity contribution < 1.29 is 19.1 Å². The first-order valence-corrected chi connectivity index (χ1v) is 14.9. The molecule has 1 atom stereocenters. The number of aromatic nitrogens is 6. The summed E-state index contributed by atoms with van der Waals surface area (Å²) in [7, 11) is 4.70. The highest BCUT2D eigenvalue weighted by atomic mass is 35.5. The number of ether oxygens (including phenoxy) is 1. The summed E-state index contributed by atoms with van der Waals surface area (Å²) in [6, 6.07) is 10.3. The van der Waals surface area contributed by atoms with Crippen molar-refractivity contribution in [3.05, 3.63) is 76.5 Å². The minimum atomic E-state index is -0.489. The van der Waals surface area contributed by atoms with Gasteiger partial charge in [0.05, 0.1) is 25.3 Å². The number of nitrogens with one attached hydrogen (secondary N) is 3. The topological polar surface area (TPSA) is 160 Å². The van der Waals surface area contributed by atoms with Crippen LogP contribution in [-0.4, -0.2) is 80.6 Å². The Balaban J connectivity index is 1.48. The number of benzene rings is 2. The maximum absolute atomic E-state index is 13.4. The molecule has 0 spiro atoms. The molecule has 4 aromatic rings. The lowest BCUT2D eigenvalue weighted by atomic mass is 10.0. The summed E-state index contributed by atoms with van der Waals surface area (Å²) in [5.41, 5.74) is 4.30. The number of hydrogen-bond acceptors (Lipinski definition) is 9. The second-order valence-electron chi connectivity index (χ2n) is 10.8. The summed E-state index contributed by atoms with van der Waals surface area (Å²) in [6.07, 6.45) is 7.87. The van der Waals surface area contributed by atoms with Gasteiger partial charge in [-0.2, -0.15) is 4.68 Å². The number of carbonyl (C=O) groups is 3. The van der Waals surface area contributed by atoms with Crippen LogP contribution in [0.3, 0.4) is 0 Å². The SMILES string of the molecule is COC(=O)Cc1ccc2c(c1)NCCCCC[C@H](NC(=O)/C=C/c1cc(Cl)ccc1-n1cnnn1)c1nc-2c(C(=O)N(C)C)[nH]1. The molecule has 234 valence electrons. The summed E-state index contributed by atoms with van der Waals surface area (Å²) in [5.74, 6) is -0.477. The van der Waals surface area contributed by atoms with Gasteiger partial charge in [-0.25, -0.2) is 4.98 Å². The number of amides is 2. The van der Waals surface area contributed by atoms with Crippen LogP contribution >= 0.6 is 11.6 Å². The molecule has 0 aliphatic carbocycles. The van der Waals surface area contributed by atoms with Gasteiger partial charge < -0.3 is 25.3 Å². The molecule has 5 rings (SSSR count). The molecule has 2 aromatic heterocycles. The van der Waals surface area contributed by atoms with Crippen LogP contribution < -0.4 is 10.6 Å². The number of hydrogen-bond donors (Lipinski definition) is 3. The van der Waals surface area contributed by atoms with Crippen LogP contribution in [0, 0.1) is 0 Å². The highest BCUT2D eigenvalue weighted by Crippen LogP contribution is 2.34. The molecule has 2 amide bonds. The molecule has 3 N–H and O–H groups in total. The van der Waals surface area contributed by atoms with Crippen LogP contribution in [0.1, 0.15) is 59.2 Å². The number of tetrazole rings is 1. The van der Waals surface area contributed by atoms with Crippen molar-refractivity contribution in [2.45, 2.75) is 38.1 Å². The van der Waals surface area contributed by atoms with Gasteiger partial charge in [0.2, 0.25) is 5.91 Å². The predicted octanol–water partition coefficient (Wildman–Crippen LogP) is 3.98. The number of methoxy groups -OCH3 is 1. The standard InChI is InChI=1S/C31H34ClN9O4/c1-40(2)31(44)29-28-22-11-8-19(16-27(43)45-3)15-24(22)33-14-6-4-5-7-23(30(36-28)37-29)35-26(42)13-9-20-17-21(32)10-12-25(20)41-18-34-38-39-41/h8-13,15,17-18,23,33H,4-7,14,16H2,1-3H3,(H,35,42)(H,36,37)/b13-9+/t23-/m0/s1. The monoisotopic (exact) mass is 631 g/mol. The summed E-state index contributed by atoms with van der Waals surface area (Å²) in [4.78, 5) is 48.2. The molecule has 45 heavy (non-hydrogen) atoms. The number of H-pyrrole nitrogens is 1. The zero-order valence-electron chi connectivity index (χ0n) is 25.2. The summed E-state index contributed by atoms with van der Waals surface area (Å²) in [6.45, 7) is 0.686. The number of carbonyl (C=O) groups excluding carboxylic acids is 3. The van der Waals surface area contributed by atoms with Crippen molar-refractivity contribution in [1.82, 2.24) is 40.4 Å². The highest BCUT2D eigenvalue weighted by Gasteiger charge is 2.27. The summed E-state index contributed by atoms with van der Waals surface area (Å²) >= 11 is 6.23. The fourth-order valence-electron chi connectivity index (χ4n) is 5.10. The van der Waals surface area contributed by atoms with Crippen molar-refractivity contribution >= 4 is 41.1 Å². The maximum Gasteiger partial charge on any atom is 0.309 e. The van der Waals surface area contributed by atoms with Gasteiger partial charge in [-0.3, -0.25) is 14.4 Å². The third kappa shape index (κ3) is 7.55. The molecule has 0 unspecified atom stereocenters. The Hall–Kier alpha value is -5.04. The van der Waals surface area contributed by atoms with E-state index in [2.05, 4.69) is 31.1 Å². The number of rotatable bonds is 7. The average Bonchev–Trinajstić information content (AvgIpc) is 3.71. The number of esters is 1. The summed E-state index contributed by atoms with van der Waals surface area (Å²) in [5, 5.41) is 18.3. The minimum Gasteiger partial charge on any atom is -0.469 e. The second kappa shape index (κ2) is 14.2.